The second kappa shape index (κ2) is 3.21. The molecular weight excluding hydrogens is 156 g/mol. The van der Waals surface area contributed by atoms with E-state index in [-0.39, 0.29) is 5.71 Å². The minimum Gasteiger partial charge on any atom is -0.477 e. The highest BCUT2D eigenvalue weighted by Crippen LogP contribution is 2.05. The lowest BCUT2D eigenvalue weighted by molar-refractivity contribution is -0.129. The van der Waals surface area contributed by atoms with Gasteiger partial charge in [-0.25, -0.2) is 9.79 Å². The van der Waals surface area contributed by atoms with Gasteiger partial charge in [0.15, 0.2) is 5.71 Å². The number of rotatable bonds is 1. The second-order valence-electron chi connectivity index (χ2n) is 2.43. The molecule has 1 aliphatic rings. The summed E-state index contributed by atoms with van der Waals surface area (Å²) in [5.74, 6) is -0.428. The van der Waals surface area contributed by atoms with Crippen LogP contribution in [0.4, 0.5) is 0 Å². The van der Waals surface area contributed by atoms with Crippen molar-refractivity contribution in [3.63, 3.8) is 0 Å². The zero-order valence-electron chi connectivity index (χ0n) is 6.96. The fraction of sp³-hybridized carbons (Fsp3) is 0.250. The summed E-state index contributed by atoms with van der Waals surface area (Å²) in [6, 6.07) is 0. The Balaban J connectivity index is 3.00. The Morgan fingerprint density at radius 3 is 2.92 bits per heavy atom. The van der Waals surface area contributed by atoms with Crippen LogP contribution < -0.4 is 5.32 Å². The van der Waals surface area contributed by atoms with E-state index in [1.807, 2.05) is 0 Å². The number of nitrogens with one attached hydrogen (secondary N) is 1. The summed E-state index contributed by atoms with van der Waals surface area (Å²) in [4.78, 5) is 14.4. The lowest BCUT2D eigenvalue weighted by Gasteiger charge is -2.11. The number of aliphatic imine (C=N–C) groups is 1. The van der Waals surface area contributed by atoms with E-state index in [4.69, 9.17) is 5.11 Å². The van der Waals surface area contributed by atoms with Gasteiger partial charge in [-0.2, -0.15) is 0 Å². The van der Waals surface area contributed by atoms with Crippen molar-refractivity contribution < 1.29 is 9.90 Å². The Bertz CT molecular complexity index is 300. The molecule has 0 radical (unpaired) electrons. The molecule has 0 saturated carbocycles. The van der Waals surface area contributed by atoms with Gasteiger partial charge in [-0.15, -0.1) is 0 Å². The molecule has 0 fully saturated rings. The SMILES string of the molecule is C/C=C1/N=C(C(=O)O)C=C(C)N1. The maximum atomic E-state index is 10.5. The van der Waals surface area contributed by atoms with E-state index in [1.54, 1.807) is 19.9 Å². The maximum absolute atomic E-state index is 10.5. The third-order valence-electron chi connectivity index (χ3n) is 1.41. The molecule has 4 nitrogen and oxygen atoms in total. The normalized spacial score (nSPS) is 19.7. The van der Waals surface area contributed by atoms with E-state index in [0.717, 1.165) is 5.70 Å². The predicted molar refractivity (Wildman–Crippen MR) is 45.7 cm³/mol. The van der Waals surface area contributed by atoms with Crippen molar-refractivity contribution in [2.75, 3.05) is 0 Å². The highest BCUT2D eigenvalue weighted by Gasteiger charge is 2.11. The van der Waals surface area contributed by atoms with Crippen molar-refractivity contribution in [1.29, 1.82) is 0 Å². The van der Waals surface area contributed by atoms with E-state index in [9.17, 15) is 4.79 Å². The van der Waals surface area contributed by atoms with Gasteiger partial charge in [0.05, 0.1) is 0 Å². The fourth-order valence-corrected chi connectivity index (χ4v) is 0.879. The number of carbonyl (C=O) groups is 1. The lowest BCUT2D eigenvalue weighted by Crippen LogP contribution is -2.21. The molecule has 0 bridgehead atoms. The highest BCUT2D eigenvalue weighted by atomic mass is 16.4. The number of allylic oxidation sites excluding steroid dienone is 2. The topological polar surface area (TPSA) is 61.7 Å². The molecule has 12 heavy (non-hydrogen) atoms. The Labute approximate surface area is 70.3 Å². The van der Waals surface area contributed by atoms with Crippen LogP contribution in [0.1, 0.15) is 13.8 Å². The summed E-state index contributed by atoms with van der Waals surface area (Å²) >= 11 is 0. The van der Waals surface area contributed by atoms with Crippen LogP contribution in [0.15, 0.2) is 28.7 Å². The van der Waals surface area contributed by atoms with Crippen LogP contribution in [-0.4, -0.2) is 16.8 Å². The third-order valence-corrected chi connectivity index (χ3v) is 1.41. The van der Waals surface area contributed by atoms with Crippen LogP contribution in [0, 0.1) is 0 Å². The van der Waals surface area contributed by atoms with Crippen LogP contribution >= 0.6 is 0 Å². The van der Waals surface area contributed by atoms with Crippen molar-refractivity contribution in [2.24, 2.45) is 4.99 Å². The van der Waals surface area contributed by atoms with E-state index in [0.29, 0.717) is 5.82 Å². The Kier molecular flexibility index (Phi) is 2.28. The molecule has 0 aromatic rings. The largest absolute Gasteiger partial charge is 0.477 e. The van der Waals surface area contributed by atoms with Crippen LogP contribution in [0.5, 0.6) is 0 Å². The number of hydrogen-bond acceptors (Lipinski definition) is 3. The first-order valence-electron chi connectivity index (χ1n) is 3.57. The van der Waals surface area contributed by atoms with Crippen molar-refractivity contribution in [3.8, 4) is 0 Å². The molecule has 0 amide bonds. The maximum Gasteiger partial charge on any atom is 0.354 e. The molecule has 1 aliphatic heterocycles. The van der Waals surface area contributed by atoms with Crippen LogP contribution in [-0.2, 0) is 4.79 Å². The number of aliphatic carboxylic acids is 1. The summed E-state index contributed by atoms with van der Waals surface area (Å²) in [5, 5.41) is 11.6. The van der Waals surface area contributed by atoms with Crippen molar-refractivity contribution in [2.45, 2.75) is 13.8 Å². The molecule has 0 aromatic heterocycles. The minimum atomic E-state index is -1.00. The van der Waals surface area contributed by atoms with Gasteiger partial charge in [0.2, 0.25) is 0 Å². The first-order chi connectivity index (χ1) is 5.63. The van der Waals surface area contributed by atoms with Gasteiger partial charge in [0.25, 0.3) is 0 Å². The molecule has 0 unspecified atom stereocenters. The number of carboxylic acids is 1. The smallest absolute Gasteiger partial charge is 0.354 e. The highest BCUT2D eigenvalue weighted by molar-refractivity contribution is 6.40. The van der Waals surface area contributed by atoms with Gasteiger partial charge in [-0.3, -0.25) is 0 Å². The molecule has 4 heteroatoms. The number of nitrogens with zero attached hydrogens (tertiary/aromatic N) is 1. The summed E-state index contributed by atoms with van der Waals surface area (Å²) in [6.07, 6.45) is 3.22. The van der Waals surface area contributed by atoms with E-state index >= 15 is 0 Å². The van der Waals surface area contributed by atoms with Crippen LogP contribution in [0.2, 0.25) is 0 Å². The molecule has 1 rings (SSSR count). The standard InChI is InChI=1S/C8H10N2O2/c1-3-7-9-5(2)4-6(10-7)8(11)12/h3-4,9H,1-2H3,(H,11,12)/b7-3+. The molecule has 0 atom stereocenters. The average molecular weight is 166 g/mol. The predicted octanol–water partition coefficient (Wildman–Crippen LogP) is 0.880. The van der Waals surface area contributed by atoms with Gasteiger partial charge in [0.1, 0.15) is 5.82 Å². The minimum absolute atomic E-state index is 0.0688. The van der Waals surface area contributed by atoms with Crippen molar-refractivity contribution >= 4 is 11.7 Å². The van der Waals surface area contributed by atoms with E-state index in [1.165, 1.54) is 6.08 Å². The number of carboxylic acid groups (broad SMARTS) is 1. The van der Waals surface area contributed by atoms with E-state index < -0.39 is 5.97 Å². The van der Waals surface area contributed by atoms with E-state index in [2.05, 4.69) is 10.3 Å². The molecule has 0 aromatic carbocycles. The van der Waals surface area contributed by atoms with Gasteiger partial charge < -0.3 is 10.4 Å². The fourth-order valence-electron chi connectivity index (χ4n) is 0.879. The Hall–Kier alpha value is -1.58. The third kappa shape index (κ3) is 1.72. The monoisotopic (exact) mass is 166 g/mol. The first-order valence-corrected chi connectivity index (χ1v) is 3.57. The van der Waals surface area contributed by atoms with Crippen LogP contribution in [0.3, 0.4) is 0 Å². The summed E-state index contributed by atoms with van der Waals surface area (Å²) in [5.41, 5.74) is 0.856. The van der Waals surface area contributed by atoms with Crippen molar-refractivity contribution in [3.05, 3.63) is 23.7 Å². The molecule has 0 spiro atoms. The molecule has 0 saturated heterocycles. The zero-order valence-corrected chi connectivity index (χ0v) is 6.96. The Morgan fingerprint density at radius 2 is 2.42 bits per heavy atom. The van der Waals surface area contributed by atoms with Gasteiger partial charge in [-0.1, -0.05) is 0 Å². The van der Waals surface area contributed by atoms with Gasteiger partial charge in [-0.05, 0) is 26.0 Å². The molecule has 1 heterocycles. The van der Waals surface area contributed by atoms with Gasteiger partial charge >= 0.3 is 5.97 Å². The summed E-state index contributed by atoms with van der Waals surface area (Å²) in [7, 11) is 0. The summed E-state index contributed by atoms with van der Waals surface area (Å²) in [6.45, 7) is 3.59. The molecule has 64 valence electrons. The quantitative estimate of drug-likeness (QED) is 0.607. The summed E-state index contributed by atoms with van der Waals surface area (Å²) < 4.78 is 0. The molecule has 2 N–H and O–H groups in total. The first kappa shape index (κ1) is 8.52. The zero-order chi connectivity index (χ0) is 9.14. The molecule has 0 aliphatic carbocycles. The number of hydrogen-bond donors (Lipinski definition) is 2. The van der Waals surface area contributed by atoms with Gasteiger partial charge in [0, 0.05) is 5.70 Å². The lowest BCUT2D eigenvalue weighted by atomic mass is 10.2. The van der Waals surface area contributed by atoms with Crippen molar-refractivity contribution in [1.82, 2.24) is 5.32 Å². The second-order valence-corrected chi connectivity index (χ2v) is 2.43. The Morgan fingerprint density at radius 1 is 1.75 bits per heavy atom. The average Bonchev–Trinajstić information content (AvgIpc) is 2.03. The van der Waals surface area contributed by atoms with Crippen LogP contribution in [0.25, 0.3) is 0 Å². The molecular formula is C8H10N2O2.